The summed E-state index contributed by atoms with van der Waals surface area (Å²) in [4.78, 5) is 2.61. The number of hydrogen-bond acceptors (Lipinski definition) is 3. The Hall–Kier alpha value is -2.47. The van der Waals surface area contributed by atoms with Gasteiger partial charge in [-0.05, 0) is 48.9 Å². The summed E-state index contributed by atoms with van der Waals surface area (Å²) in [5, 5.41) is 0. The molecule has 2 fully saturated rings. The van der Waals surface area contributed by atoms with Crippen molar-refractivity contribution in [3.05, 3.63) is 108 Å². The molecule has 0 bridgehead atoms. The van der Waals surface area contributed by atoms with Gasteiger partial charge < -0.3 is 0 Å². The Kier molecular flexibility index (Phi) is 6.87. The summed E-state index contributed by atoms with van der Waals surface area (Å²) in [6.45, 7) is 3.19. The Bertz CT molecular complexity index is 1130. The van der Waals surface area contributed by atoms with Crippen molar-refractivity contribution in [2.24, 2.45) is 0 Å². The maximum Gasteiger partial charge on any atom is 0.218 e. The second-order valence-corrected chi connectivity index (χ2v) is 11.8. The minimum atomic E-state index is -3.35. The van der Waals surface area contributed by atoms with Gasteiger partial charge in [0.2, 0.25) is 10.0 Å². The van der Waals surface area contributed by atoms with Crippen molar-refractivity contribution >= 4 is 10.0 Å². The molecule has 0 amide bonds. The topological polar surface area (TPSA) is 40.6 Å². The fourth-order valence-corrected chi connectivity index (χ4v) is 7.56. The highest BCUT2D eigenvalue weighted by Gasteiger charge is 2.46. The average molecular weight is 475 g/mol. The predicted molar refractivity (Wildman–Crippen MR) is 138 cm³/mol. The van der Waals surface area contributed by atoms with Gasteiger partial charge >= 0.3 is 0 Å². The van der Waals surface area contributed by atoms with Gasteiger partial charge in [0.25, 0.3) is 0 Å². The van der Waals surface area contributed by atoms with Gasteiger partial charge in [0, 0.05) is 31.1 Å². The molecule has 0 N–H and O–H groups in total. The van der Waals surface area contributed by atoms with E-state index in [1.165, 1.54) is 11.1 Å². The number of benzene rings is 3. The zero-order valence-corrected chi connectivity index (χ0v) is 20.5. The number of hydrogen-bond donors (Lipinski definition) is 0. The molecule has 2 heterocycles. The largest absolute Gasteiger partial charge is 0.295 e. The first-order chi connectivity index (χ1) is 16.6. The standard InChI is InChI=1S/C29H34N2O2S/c32-34(33,23-25-12-4-1-5-13-25)31-21-11-19-29(24-31)18-10-20-30(29)22-28(26-14-6-2-7-15-26)27-16-8-3-9-17-27/h1-9,12-17,28H,10-11,18-24H2/t29-/m1/s1. The first kappa shape index (κ1) is 23.3. The molecular formula is C29H34N2O2S. The zero-order chi connectivity index (χ0) is 23.4. The highest BCUT2D eigenvalue weighted by Crippen LogP contribution is 2.40. The van der Waals surface area contributed by atoms with Crippen LogP contribution in [0.25, 0.3) is 0 Å². The van der Waals surface area contributed by atoms with E-state index >= 15 is 0 Å². The predicted octanol–water partition coefficient (Wildman–Crippen LogP) is 5.28. The van der Waals surface area contributed by atoms with Crippen LogP contribution in [0.15, 0.2) is 91.0 Å². The summed E-state index contributed by atoms with van der Waals surface area (Å²) in [6.07, 6.45) is 4.19. The van der Waals surface area contributed by atoms with Crippen LogP contribution in [0.5, 0.6) is 0 Å². The molecule has 0 radical (unpaired) electrons. The number of piperidine rings is 1. The Labute approximate surface area is 204 Å². The molecule has 0 aromatic heterocycles. The van der Waals surface area contributed by atoms with E-state index in [0.29, 0.717) is 13.1 Å². The SMILES string of the molecule is O=S(=O)(Cc1ccccc1)N1CCC[C@]2(CCCN2CC(c2ccccc2)c2ccccc2)C1. The highest BCUT2D eigenvalue weighted by atomic mass is 32.2. The first-order valence-electron chi connectivity index (χ1n) is 12.4. The van der Waals surface area contributed by atoms with Crippen molar-refractivity contribution in [2.75, 3.05) is 26.2 Å². The average Bonchev–Trinajstić information content (AvgIpc) is 3.24. The van der Waals surface area contributed by atoms with Crippen LogP contribution in [0.3, 0.4) is 0 Å². The van der Waals surface area contributed by atoms with Gasteiger partial charge in [0.05, 0.1) is 5.75 Å². The summed E-state index contributed by atoms with van der Waals surface area (Å²) in [7, 11) is -3.35. The smallest absolute Gasteiger partial charge is 0.218 e. The molecular weight excluding hydrogens is 440 g/mol. The third-order valence-electron chi connectivity index (χ3n) is 7.65. The van der Waals surface area contributed by atoms with Crippen LogP contribution >= 0.6 is 0 Å². The van der Waals surface area contributed by atoms with E-state index in [2.05, 4.69) is 65.6 Å². The quantitative estimate of drug-likeness (QED) is 0.468. The number of likely N-dealkylation sites (tertiary alicyclic amines) is 1. The van der Waals surface area contributed by atoms with Crippen LogP contribution in [-0.2, 0) is 15.8 Å². The number of sulfonamides is 1. The maximum absolute atomic E-state index is 13.4. The lowest BCUT2D eigenvalue weighted by Crippen LogP contribution is -2.57. The fraction of sp³-hybridized carbons (Fsp3) is 0.379. The summed E-state index contributed by atoms with van der Waals surface area (Å²) in [6, 6.07) is 31.0. The molecule has 34 heavy (non-hydrogen) atoms. The van der Waals surface area contributed by atoms with Gasteiger partial charge in [-0.25, -0.2) is 8.42 Å². The van der Waals surface area contributed by atoms with Crippen LogP contribution in [0.4, 0.5) is 0 Å². The van der Waals surface area contributed by atoms with Crippen molar-refractivity contribution in [1.82, 2.24) is 9.21 Å². The summed E-state index contributed by atoms with van der Waals surface area (Å²) in [5.74, 6) is 0.356. The minimum absolute atomic E-state index is 0.0657. The van der Waals surface area contributed by atoms with Crippen LogP contribution in [0.1, 0.15) is 48.3 Å². The van der Waals surface area contributed by atoms with E-state index in [4.69, 9.17) is 0 Å². The summed E-state index contributed by atoms with van der Waals surface area (Å²) >= 11 is 0. The van der Waals surface area contributed by atoms with Crippen LogP contribution in [-0.4, -0.2) is 49.3 Å². The van der Waals surface area contributed by atoms with Crippen molar-refractivity contribution in [3.63, 3.8) is 0 Å². The van der Waals surface area contributed by atoms with Crippen molar-refractivity contribution in [2.45, 2.75) is 42.9 Å². The molecule has 0 saturated carbocycles. The highest BCUT2D eigenvalue weighted by molar-refractivity contribution is 7.88. The second-order valence-electron chi connectivity index (χ2n) is 9.83. The lowest BCUT2D eigenvalue weighted by Gasteiger charge is -2.46. The third kappa shape index (κ3) is 4.97. The normalized spacial score (nSPS) is 21.9. The lowest BCUT2D eigenvalue weighted by molar-refractivity contribution is 0.0714. The Morgan fingerprint density at radius 1 is 0.735 bits per heavy atom. The minimum Gasteiger partial charge on any atom is -0.295 e. The van der Waals surface area contributed by atoms with E-state index in [1.54, 1.807) is 4.31 Å². The van der Waals surface area contributed by atoms with Gasteiger partial charge in [-0.3, -0.25) is 4.90 Å². The van der Waals surface area contributed by atoms with Gasteiger partial charge in [0.15, 0.2) is 0 Å². The fourth-order valence-electron chi connectivity index (χ4n) is 5.92. The molecule has 0 unspecified atom stereocenters. The maximum atomic E-state index is 13.4. The van der Waals surface area contributed by atoms with E-state index in [9.17, 15) is 8.42 Å². The molecule has 0 aliphatic carbocycles. The van der Waals surface area contributed by atoms with Gasteiger partial charge in [-0.1, -0.05) is 91.0 Å². The van der Waals surface area contributed by atoms with E-state index in [1.807, 2.05) is 30.3 Å². The third-order valence-corrected chi connectivity index (χ3v) is 9.45. The summed E-state index contributed by atoms with van der Waals surface area (Å²) in [5.41, 5.74) is 3.43. The molecule has 178 valence electrons. The Morgan fingerprint density at radius 2 is 1.26 bits per heavy atom. The second kappa shape index (κ2) is 10.0. The van der Waals surface area contributed by atoms with Gasteiger partial charge in [0.1, 0.15) is 0 Å². The Balaban J connectivity index is 1.38. The monoisotopic (exact) mass is 474 g/mol. The van der Waals surface area contributed by atoms with Crippen molar-refractivity contribution in [1.29, 1.82) is 0 Å². The summed E-state index contributed by atoms with van der Waals surface area (Å²) < 4.78 is 28.5. The van der Waals surface area contributed by atoms with Gasteiger partial charge in [-0.15, -0.1) is 0 Å². The van der Waals surface area contributed by atoms with Crippen molar-refractivity contribution in [3.8, 4) is 0 Å². The molecule has 3 aromatic rings. The zero-order valence-electron chi connectivity index (χ0n) is 19.7. The molecule has 5 rings (SSSR count). The van der Waals surface area contributed by atoms with E-state index in [0.717, 1.165) is 44.3 Å². The molecule has 2 aliphatic rings. The molecule has 1 atom stereocenters. The lowest BCUT2D eigenvalue weighted by atomic mass is 9.85. The molecule has 3 aromatic carbocycles. The van der Waals surface area contributed by atoms with Gasteiger partial charge in [-0.2, -0.15) is 4.31 Å². The van der Waals surface area contributed by atoms with E-state index in [-0.39, 0.29) is 17.2 Å². The number of rotatable bonds is 7. The molecule has 2 aliphatic heterocycles. The first-order valence-corrected chi connectivity index (χ1v) is 14.0. The van der Waals surface area contributed by atoms with Crippen molar-refractivity contribution < 1.29 is 8.42 Å². The van der Waals surface area contributed by atoms with E-state index < -0.39 is 10.0 Å². The van der Waals surface area contributed by atoms with Crippen LogP contribution < -0.4 is 0 Å². The number of nitrogens with zero attached hydrogens (tertiary/aromatic N) is 2. The molecule has 4 nitrogen and oxygen atoms in total. The van der Waals surface area contributed by atoms with Crippen LogP contribution in [0.2, 0.25) is 0 Å². The molecule has 5 heteroatoms. The Morgan fingerprint density at radius 3 is 1.85 bits per heavy atom. The molecule has 1 spiro atoms. The van der Waals surface area contributed by atoms with Crippen LogP contribution in [0, 0.1) is 0 Å². The molecule has 2 saturated heterocycles.